The van der Waals surface area contributed by atoms with E-state index in [1.165, 1.54) is 4.08 Å². The highest BCUT2D eigenvalue weighted by Gasteiger charge is 2.47. The lowest BCUT2D eigenvalue weighted by atomic mass is 10.1. The molecule has 7 heteroatoms. The van der Waals surface area contributed by atoms with E-state index in [1.807, 2.05) is 52.8 Å². The summed E-state index contributed by atoms with van der Waals surface area (Å²) in [4.78, 5) is 0.278. The summed E-state index contributed by atoms with van der Waals surface area (Å²) in [5.74, 6) is 0.707. The van der Waals surface area contributed by atoms with Gasteiger partial charge in [-0.15, -0.1) is 4.08 Å². The molecule has 26 heavy (non-hydrogen) atoms. The van der Waals surface area contributed by atoms with Crippen LogP contribution < -0.4 is 4.52 Å². The van der Waals surface area contributed by atoms with Crippen molar-refractivity contribution < 1.29 is 12.9 Å². The number of halogens is 1. The van der Waals surface area contributed by atoms with Gasteiger partial charge in [-0.05, 0) is 44.2 Å². The molecule has 0 aromatic heterocycles. The fraction of sp³-hybridized carbons (Fsp3) is 0.368. The highest BCUT2D eigenvalue weighted by atomic mass is 35.5. The number of rotatable bonds is 2. The standard InChI is InChI=1S/C19H23ClNO3PS/c1-13-6-9-16(10-7-13)26(22,23)21-14(2)17-12-15(20)8-11-18(17)24-25(21)19(3,4)5/h6-12,14H,1-5H3/t14-,25-/m1/s1. The summed E-state index contributed by atoms with van der Waals surface area (Å²) in [5, 5.41) is 0.215. The van der Waals surface area contributed by atoms with Gasteiger partial charge in [-0.3, -0.25) is 0 Å². The molecule has 0 N–H and O–H groups in total. The van der Waals surface area contributed by atoms with Gasteiger partial charge < -0.3 is 4.52 Å². The van der Waals surface area contributed by atoms with Crippen LogP contribution in [0.4, 0.5) is 0 Å². The minimum absolute atomic E-state index is 0.278. The molecule has 1 aliphatic rings. The van der Waals surface area contributed by atoms with Crippen LogP contribution in [0.5, 0.6) is 5.75 Å². The first-order valence-electron chi connectivity index (χ1n) is 8.40. The maximum Gasteiger partial charge on any atom is 0.249 e. The molecule has 0 spiro atoms. The Morgan fingerprint density at radius 2 is 1.73 bits per heavy atom. The van der Waals surface area contributed by atoms with Gasteiger partial charge in [-0.2, -0.15) is 0 Å². The predicted molar refractivity (Wildman–Crippen MR) is 107 cm³/mol. The van der Waals surface area contributed by atoms with Crippen molar-refractivity contribution in [3.05, 3.63) is 58.6 Å². The van der Waals surface area contributed by atoms with E-state index in [9.17, 15) is 8.42 Å². The molecule has 0 fully saturated rings. The van der Waals surface area contributed by atoms with Gasteiger partial charge >= 0.3 is 0 Å². The fourth-order valence-corrected chi connectivity index (χ4v) is 7.94. The average molecular weight is 412 g/mol. The molecular formula is C19H23ClNO3PS. The molecular weight excluding hydrogens is 389 g/mol. The zero-order valence-electron chi connectivity index (χ0n) is 15.5. The molecule has 0 radical (unpaired) electrons. The summed E-state index contributed by atoms with van der Waals surface area (Å²) in [6, 6.07) is 11.9. The van der Waals surface area contributed by atoms with Crippen LogP contribution in [0.2, 0.25) is 5.02 Å². The maximum atomic E-state index is 13.5. The van der Waals surface area contributed by atoms with Crippen molar-refractivity contribution in [1.82, 2.24) is 4.08 Å². The molecule has 140 valence electrons. The smallest absolute Gasteiger partial charge is 0.249 e. The molecule has 0 unspecified atom stereocenters. The van der Waals surface area contributed by atoms with Crippen LogP contribution in [-0.2, 0) is 10.0 Å². The second kappa shape index (κ2) is 6.79. The van der Waals surface area contributed by atoms with Gasteiger partial charge in [0.15, 0.2) is 8.30 Å². The Balaban J connectivity index is 2.17. The molecule has 3 rings (SSSR count). The first-order valence-corrected chi connectivity index (χ1v) is 11.4. The second-order valence-electron chi connectivity index (χ2n) is 7.48. The number of benzene rings is 2. The maximum absolute atomic E-state index is 13.5. The molecule has 2 atom stereocenters. The van der Waals surface area contributed by atoms with Crippen LogP contribution >= 0.6 is 19.9 Å². The van der Waals surface area contributed by atoms with Crippen LogP contribution in [0.15, 0.2) is 47.4 Å². The molecule has 0 saturated heterocycles. The number of sulfonamides is 1. The van der Waals surface area contributed by atoms with Crippen LogP contribution in [0.25, 0.3) is 0 Å². The topological polar surface area (TPSA) is 46.6 Å². The zero-order chi connectivity index (χ0) is 19.3. The van der Waals surface area contributed by atoms with E-state index >= 15 is 0 Å². The summed E-state index contributed by atoms with van der Waals surface area (Å²) in [5.41, 5.74) is 1.80. The first-order chi connectivity index (χ1) is 12.0. The molecule has 0 aliphatic carbocycles. The Kier molecular flexibility index (Phi) is 5.13. The van der Waals surface area contributed by atoms with Gasteiger partial charge in [0, 0.05) is 15.7 Å². The third-order valence-corrected chi connectivity index (χ3v) is 9.48. The Morgan fingerprint density at radius 1 is 1.12 bits per heavy atom. The second-order valence-corrected chi connectivity index (χ2v) is 12.5. The third-order valence-electron chi connectivity index (χ3n) is 4.26. The van der Waals surface area contributed by atoms with Gasteiger partial charge in [0.05, 0.1) is 10.9 Å². The lowest BCUT2D eigenvalue weighted by Gasteiger charge is -2.44. The van der Waals surface area contributed by atoms with E-state index in [0.29, 0.717) is 10.8 Å². The van der Waals surface area contributed by atoms with E-state index in [-0.39, 0.29) is 16.1 Å². The van der Waals surface area contributed by atoms with Crippen molar-refractivity contribution in [2.45, 2.75) is 50.7 Å². The van der Waals surface area contributed by atoms with Crippen LogP contribution in [0, 0.1) is 6.92 Å². The van der Waals surface area contributed by atoms with Gasteiger partial charge in [-0.25, -0.2) is 8.42 Å². The quantitative estimate of drug-likeness (QED) is 0.577. The van der Waals surface area contributed by atoms with Crippen molar-refractivity contribution in [1.29, 1.82) is 0 Å². The van der Waals surface area contributed by atoms with Crippen LogP contribution in [0.1, 0.15) is 44.9 Å². The Bertz CT molecular complexity index is 923. The normalized spacial score (nSPS) is 21.2. The van der Waals surface area contributed by atoms with Crippen molar-refractivity contribution in [2.75, 3.05) is 0 Å². The monoisotopic (exact) mass is 411 g/mol. The molecule has 1 heterocycles. The van der Waals surface area contributed by atoms with Crippen molar-refractivity contribution in [3.8, 4) is 5.75 Å². The van der Waals surface area contributed by atoms with Crippen molar-refractivity contribution in [3.63, 3.8) is 0 Å². The van der Waals surface area contributed by atoms with Crippen LogP contribution in [0.3, 0.4) is 0 Å². The minimum Gasteiger partial charge on any atom is -0.456 e. The number of nitrogens with zero attached hydrogens (tertiary/aromatic N) is 1. The lowest BCUT2D eigenvalue weighted by Crippen LogP contribution is -2.39. The highest BCUT2D eigenvalue weighted by Crippen LogP contribution is 2.63. The summed E-state index contributed by atoms with van der Waals surface area (Å²) in [7, 11) is -5.15. The van der Waals surface area contributed by atoms with Gasteiger partial charge in [0.1, 0.15) is 5.75 Å². The summed E-state index contributed by atoms with van der Waals surface area (Å²) in [6.45, 7) is 9.84. The molecule has 2 aromatic rings. The van der Waals surface area contributed by atoms with E-state index in [4.69, 9.17) is 16.1 Å². The van der Waals surface area contributed by atoms with Crippen LogP contribution in [-0.4, -0.2) is 17.6 Å². The summed E-state index contributed by atoms with van der Waals surface area (Å²) >= 11 is 6.15. The number of aryl methyl sites for hydroxylation is 1. The molecule has 2 aromatic carbocycles. The van der Waals surface area contributed by atoms with Crippen molar-refractivity contribution >= 4 is 29.9 Å². The first kappa shape index (κ1) is 19.6. The number of hydrogen-bond donors (Lipinski definition) is 0. The lowest BCUT2D eigenvalue weighted by molar-refractivity contribution is 0.395. The number of hydrogen-bond acceptors (Lipinski definition) is 3. The third kappa shape index (κ3) is 3.50. The van der Waals surface area contributed by atoms with E-state index in [1.54, 1.807) is 24.3 Å². The molecule has 0 amide bonds. The van der Waals surface area contributed by atoms with E-state index in [0.717, 1.165) is 11.1 Å². The minimum atomic E-state index is -3.72. The van der Waals surface area contributed by atoms with E-state index < -0.39 is 18.3 Å². The van der Waals surface area contributed by atoms with Gasteiger partial charge in [0.2, 0.25) is 10.0 Å². The number of fused-ring (bicyclic) bond motifs is 1. The summed E-state index contributed by atoms with van der Waals surface area (Å²) in [6.07, 6.45) is 0. The van der Waals surface area contributed by atoms with E-state index in [2.05, 4.69) is 0 Å². The largest absolute Gasteiger partial charge is 0.456 e. The highest BCUT2D eigenvalue weighted by molar-refractivity contribution is 7.94. The zero-order valence-corrected chi connectivity index (χ0v) is 18.0. The molecule has 0 saturated carbocycles. The Labute approximate surface area is 162 Å². The van der Waals surface area contributed by atoms with Crippen molar-refractivity contribution in [2.24, 2.45) is 0 Å². The van der Waals surface area contributed by atoms with Gasteiger partial charge in [-0.1, -0.05) is 50.1 Å². The molecule has 0 bridgehead atoms. The Morgan fingerprint density at radius 3 is 2.31 bits per heavy atom. The summed E-state index contributed by atoms with van der Waals surface area (Å²) < 4.78 is 34.7. The van der Waals surface area contributed by atoms with Gasteiger partial charge in [0.25, 0.3) is 0 Å². The SMILES string of the molecule is Cc1ccc(S(=O)(=O)N2[C@H](C)c3cc(Cl)ccc3O[P@]2C(C)(C)C)cc1. The fourth-order valence-electron chi connectivity index (χ4n) is 2.90. The average Bonchev–Trinajstić information content (AvgIpc) is 2.54. The predicted octanol–water partition coefficient (Wildman–Crippen LogP) is 5.90. The Hall–Kier alpha value is -1.13. The molecule has 4 nitrogen and oxygen atoms in total. The molecule has 1 aliphatic heterocycles.